The lowest BCUT2D eigenvalue weighted by Crippen LogP contribution is -2.34. The Morgan fingerprint density at radius 3 is 2.77 bits per heavy atom. The first kappa shape index (κ1) is 16.3. The topological polar surface area (TPSA) is 16.1 Å². The van der Waals surface area contributed by atoms with Gasteiger partial charge in [-0.2, -0.15) is 0 Å². The lowest BCUT2D eigenvalue weighted by atomic mass is 9.96. The maximum Gasteiger partial charge on any atom is 0.101 e. The third kappa shape index (κ3) is 4.05. The van der Waals surface area contributed by atoms with Crippen LogP contribution in [0.4, 0.5) is 0 Å². The van der Waals surface area contributed by atoms with Crippen molar-refractivity contribution in [2.75, 3.05) is 13.1 Å². The Morgan fingerprint density at radius 2 is 1.95 bits per heavy atom. The fourth-order valence-electron chi connectivity index (χ4n) is 3.99. The zero-order valence-corrected chi connectivity index (χ0v) is 14.8. The van der Waals surface area contributed by atoms with E-state index in [1.165, 1.54) is 81.5 Å². The minimum atomic E-state index is 0.605. The molecule has 2 nitrogen and oxygen atoms in total. The number of pyridine rings is 1. The van der Waals surface area contributed by atoms with Crippen LogP contribution in [0.5, 0.6) is 0 Å². The zero-order valence-electron chi connectivity index (χ0n) is 14.0. The second-order valence-electron chi connectivity index (χ2n) is 6.82. The summed E-state index contributed by atoms with van der Waals surface area (Å²) < 4.78 is 0. The first-order chi connectivity index (χ1) is 10.9. The van der Waals surface area contributed by atoms with E-state index in [0.717, 1.165) is 5.25 Å². The molecule has 2 fully saturated rings. The Balaban J connectivity index is 1.76. The summed E-state index contributed by atoms with van der Waals surface area (Å²) in [6.45, 7) is 4.79. The summed E-state index contributed by atoms with van der Waals surface area (Å²) in [5.74, 6) is 0. The van der Waals surface area contributed by atoms with Crippen molar-refractivity contribution in [1.82, 2.24) is 9.88 Å². The van der Waals surface area contributed by atoms with Gasteiger partial charge in [-0.05, 0) is 51.3 Å². The molecule has 3 heteroatoms. The van der Waals surface area contributed by atoms with E-state index < -0.39 is 0 Å². The van der Waals surface area contributed by atoms with Gasteiger partial charge < -0.3 is 0 Å². The fraction of sp³-hybridized carbons (Fsp3) is 0.737. The van der Waals surface area contributed by atoms with Crippen molar-refractivity contribution in [2.45, 2.75) is 81.0 Å². The minimum absolute atomic E-state index is 0.605. The Hall–Kier alpha value is -0.540. The number of rotatable bonds is 5. The van der Waals surface area contributed by atoms with E-state index in [4.69, 9.17) is 4.98 Å². The van der Waals surface area contributed by atoms with Crippen molar-refractivity contribution in [2.24, 2.45) is 0 Å². The lowest BCUT2D eigenvalue weighted by Gasteiger charge is -2.36. The van der Waals surface area contributed by atoms with Crippen molar-refractivity contribution < 1.29 is 0 Å². The maximum absolute atomic E-state index is 4.78. The fourth-order valence-corrected chi connectivity index (χ4v) is 5.34. The third-order valence-corrected chi connectivity index (χ3v) is 6.48. The summed E-state index contributed by atoms with van der Waals surface area (Å²) in [5, 5.41) is 2.12. The van der Waals surface area contributed by atoms with Gasteiger partial charge in [0.15, 0.2) is 0 Å². The Bertz CT molecular complexity index is 455. The molecule has 122 valence electrons. The number of aromatic nitrogens is 1. The van der Waals surface area contributed by atoms with Gasteiger partial charge in [-0.25, -0.2) is 4.98 Å². The molecule has 2 heterocycles. The van der Waals surface area contributed by atoms with Gasteiger partial charge in [0.1, 0.15) is 5.03 Å². The lowest BCUT2D eigenvalue weighted by molar-refractivity contribution is 0.146. The molecule has 1 saturated carbocycles. The monoisotopic (exact) mass is 318 g/mol. The largest absolute Gasteiger partial charge is 0.296 e. The number of hydrogen-bond acceptors (Lipinski definition) is 3. The van der Waals surface area contributed by atoms with Gasteiger partial charge in [-0.15, -0.1) is 11.8 Å². The number of hydrogen-bond donors (Lipinski definition) is 0. The van der Waals surface area contributed by atoms with Crippen LogP contribution in [0.3, 0.4) is 0 Å². The molecule has 1 aliphatic carbocycles. The zero-order chi connectivity index (χ0) is 15.2. The molecule has 2 aliphatic rings. The van der Waals surface area contributed by atoms with Crippen molar-refractivity contribution in [1.29, 1.82) is 0 Å². The average Bonchev–Trinajstić information content (AvgIpc) is 2.57. The van der Waals surface area contributed by atoms with Gasteiger partial charge in [-0.3, -0.25) is 4.90 Å². The predicted octanol–water partition coefficient (Wildman–Crippen LogP) is 5.44. The summed E-state index contributed by atoms with van der Waals surface area (Å²) in [5.41, 5.74) is 1.51. The molecule has 1 atom stereocenters. The highest BCUT2D eigenvalue weighted by Crippen LogP contribution is 2.39. The van der Waals surface area contributed by atoms with Gasteiger partial charge in [-0.1, -0.05) is 38.7 Å². The standard InChI is InChI=1S/C19H30N2S/c1-2-14-21-15-7-6-12-18(21)17-11-8-13-20-19(17)22-16-9-4-3-5-10-16/h8,11,13,16,18H,2-7,9-10,12,14-15H2,1H3. The molecule has 1 saturated heterocycles. The SMILES string of the molecule is CCCN1CCCCC1c1cccnc1SC1CCCCC1. The minimum Gasteiger partial charge on any atom is -0.296 e. The third-order valence-electron chi connectivity index (χ3n) is 5.11. The molecule has 0 N–H and O–H groups in total. The normalized spacial score (nSPS) is 24.5. The summed E-state index contributed by atoms with van der Waals surface area (Å²) in [4.78, 5) is 7.48. The first-order valence-electron chi connectivity index (χ1n) is 9.24. The molecule has 1 aromatic heterocycles. The van der Waals surface area contributed by atoms with Crippen LogP contribution in [0.1, 0.15) is 76.3 Å². The average molecular weight is 319 g/mol. The van der Waals surface area contributed by atoms with E-state index in [-0.39, 0.29) is 0 Å². The quantitative estimate of drug-likeness (QED) is 0.719. The van der Waals surface area contributed by atoms with Crippen molar-refractivity contribution in [3.63, 3.8) is 0 Å². The molecule has 0 bridgehead atoms. The molecule has 1 aliphatic heterocycles. The highest BCUT2D eigenvalue weighted by Gasteiger charge is 2.27. The van der Waals surface area contributed by atoms with E-state index in [1.807, 2.05) is 6.20 Å². The van der Waals surface area contributed by atoms with Crippen LogP contribution in [0.15, 0.2) is 23.4 Å². The molecule has 0 amide bonds. The molecule has 1 aromatic rings. The second-order valence-corrected chi connectivity index (χ2v) is 8.11. The van der Waals surface area contributed by atoms with Crippen LogP contribution in [0.25, 0.3) is 0 Å². The van der Waals surface area contributed by atoms with E-state index in [0.29, 0.717) is 6.04 Å². The van der Waals surface area contributed by atoms with Crippen LogP contribution in [-0.2, 0) is 0 Å². The molecule has 22 heavy (non-hydrogen) atoms. The van der Waals surface area contributed by atoms with Crippen LogP contribution in [0, 0.1) is 0 Å². The number of likely N-dealkylation sites (tertiary alicyclic amines) is 1. The van der Waals surface area contributed by atoms with E-state index >= 15 is 0 Å². The Kier molecular flexibility index (Phi) is 6.20. The van der Waals surface area contributed by atoms with Gasteiger partial charge in [0.25, 0.3) is 0 Å². The summed E-state index contributed by atoms with van der Waals surface area (Å²) in [7, 11) is 0. The molecular formula is C19H30N2S. The van der Waals surface area contributed by atoms with E-state index in [9.17, 15) is 0 Å². The molecular weight excluding hydrogens is 288 g/mol. The van der Waals surface area contributed by atoms with Gasteiger partial charge in [0.05, 0.1) is 0 Å². The van der Waals surface area contributed by atoms with Crippen molar-refractivity contribution >= 4 is 11.8 Å². The van der Waals surface area contributed by atoms with E-state index in [2.05, 4.69) is 35.7 Å². The van der Waals surface area contributed by atoms with Crippen LogP contribution in [0.2, 0.25) is 0 Å². The Morgan fingerprint density at radius 1 is 1.14 bits per heavy atom. The summed E-state index contributed by atoms with van der Waals surface area (Å²) in [6.07, 6.45) is 14.3. The molecule has 0 radical (unpaired) electrons. The van der Waals surface area contributed by atoms with Crippen LogP contribution >= 0.6 is 11.8 Å². The summed E-state index contributed by atoms with van der Waals surface area (Å²) in [6, 6.07) is 5.09. The van der Waals surface area contributed by atoms with Gasteiger partial charge >= 0.3 is 0 Å². The number of piperidine rings is 1. The number of thioether (sulfide) groups is 1. The summed E-state index contributed by atoms with van der Waals surface area (Å²) >= 11 is 2.07. The highest BCUT2D eigenvalue weighted by molar-refractivity contribution is 7.99. The predicted molar refractivity (Wildman–Crippen MR) is 95.4 cm³/mol. The smallest absolute Gasteiger partial charge is 0.101 e. The highest BCUT2D eigenvalue weighted by atomic mass is 32.2. The maximum atomic E-state index is 4.78. The second kappa shape index (κ2) is 8.35. The molecule has 3 rings (SSSR count). The molecule has 0 aromatic carbocycles. The van der Waals surface area contributed by atoms with Gasteiger partial charge in [0, 0.05) is 23.1 Å². The van der Waals surface area contributed by atoms with Gasteiger partial charge in [0.2, 0.25) is 0 Å². The van der Waals surface area contributed by atoms with E-state index in [1.54, 1.807) is 0 Å². The van der Waals surface area contributed by atoms with Crippen LogP contribution in [-0.4, -0.2) is 28.2 Å². The van der Waals surface area contributed by atoms with Crippen LogP contribution < -0.4 is 0 Å². The molecule has 0 spiro atoms. The molecule has 1 unspecified atom stereocenters. The van der Waals surface area contributed by atoms with Crippen molar-refractivity contribution in [3.05, 3.63) is 23.9 Å². The Labute approximate surface area is 140 Å². The van der Waals surface area contributed by atoms with Crippen molar-refractivity contribution in [3.8, 4) is 0 Å². The first-order valence-corrected chi connectivity index (χ1v) is 10.1. The number of nitrogens with zero attached hydrogens (tertiary/aromatic N) is 2.